The zero-order valence-electron chi connectivity index (χ0n) is 20.1. The molecule has 0 bridgehead atoms. The van der Waals surface area contributed by atoms with E-state index in [9.17, 15) is 13.5 Å². The average Bonchev–Trinajstić information content (AvgIpc) is 2.81. The highest BCUT2D eigenvalue weighted by molar-refractivity contribution is 7.89. The monoisotopic (exact) mass is 487 g/mol. The summed E-state index contributed by atoms with van der Waals surface area (Å²) < 4.78 is 39.8. The van der Waals surface area contributed by atoms with Crippen LogP contribution in [0.25, 0.3) is 0 Å². The lowest BCUT2D eigenvalue weighted by Gasteiger charge is -2.37. The Morgan fingerprint density at radius 1 is 1.38 bits per heavy atom. The lowest BCUT2D eigenvalue weighted by atomic mass is 10.0. The Balaban J connectivity index is 1.97. The fourth-order valence-electron chi connectivity index (χ4n) is 3.91. The molecule has 0 aliphatic carbocycles. The number of aliphatic hydroxyl groups is 1. The van der Waals surface area contributed by atoms with Gasteiger partial charge in [0.15, 0.2) is 0 Å². The van der Waals surface area contributed by atoms with E-state index in [2.05, 4.69) is 21.7 Å². The molecule has 0 fully saturated rings. The molecule has 0 radical (unpaired) electrons. The van der Waals surface area contributed by atoms with E-state index in [1.165, 1.54) is 10.4 Å². The minimum atomic E-state index is -3.88. The van der Waals surface area contributed by atoms with Crippen LogP contribution in [0, 0.1) is 17.8 Å². The quantitative estimate of drug-likeness (QED) is 0.597. The number of aromatic nitrogens is 1. The minimum absolute atomic E-state index is 0.0805. The smallest absolute Gasteiger partial charge is 0.247 e. The Bertz CT molecular complexity index is 1110. The highest BCUT2D eigenvalue weighted by Crippen LogP contribution is 2.34. The second-order valence-corrected chi connectivity index (χ2v) is 10.6. The number of fused-ring (bicyclic) bond motifs is 1. The van der Waals surface area contributed by atoms with Gasteiger partial charge in [0.25, 0.3) is 0 Å². The fourth-order valence-corrected chi connectivity index (χ4v) is 5.73. The molecule has 0 saturated carbocycles. The van der Waals surface area contributed by atoms with Crippen molar-refractivity contribution >= 4 is 10.0 Å². The molecule has 1 aromatic heterocycles. The second kappa shape index (κ2) is 11.8. The highest BCUT2D eigenvalue weighted by atomic mass is 32.2. The molecule has 0 unspecified atom stereocenters. The number of pyridine rings is 1. The average molecular weight is 488 g/mol. The Morgan fingerprint density at radius 3 is 2.85 bits per heavy atom. The molecule has 0 spiro atoms. The summed E-state index contributed by atoms with van der Waals surface area (Å²) in [6, 6.07) is 8.23. The molecule has 34 heavy (non-hydrogen) atoms. The van der Waals surface area contributed by atoms with Crippen molar-refractivity contribution in [3.63, 3.8) is 0 Å². The molecule has 3 rings (SSSR count). The number of ether oxygens (including phenoxy) is 2. The maximum absolute atomic E-state index is 13.5. The third-order valence-corrected chi connectivity index (χ3v) is 7.80. The van der Waals surface area contributed by atoms with Crippen LogP contribution >= 0.6 is 0 Å². The maximum Gasteiger partial charge on any atom is 0.247 e. The van der Waals surface area contributed by atoms with Crippen molar-refractivity contribution in [1.82, 2.24) is 14.2 Å². The minimum Gasteiger partial charge on any atom is -0.487 e. The maximum atomic E-state index is 13.5. The first-order valence-corrected chi connectivity index (χ1v) is 12.7. The van der Waals surface area contributed by atoms with E-state index in [-0.39, 0.29) is 42.4 Å². The van der Waals surface area contributed by atoms with Crippen LogP contribution in [-0.2, 0) is 21.3 Å². The van der Waals surface area contributed by atoms with E-state index in [4.69, 9.17) is 9.47 Å². The molecule has 1 aliphatic heterocycles. The van der Waals surface area contributed by atoms with E-state index in [1.54, 1.807) is 32.4 Å². The molecule has 2 heterocycles. The van der Waals surface area contributed by atoms with E-state index in [0.717, 1.165) is 5.56 Å². The second-order valence-electron chi connectivity index (χ2n) is 8.69. The fraction of sp³-hybridized carbons (Fsp3) is 0.480. The molecule has 1 aliphatic rings. The summed E-state index contributed by atoms with van der Waals surface area (Å²) in [5, 5.41) is 9.77. The number of aliphatic hydroxyl groups excluding tert-OH is 1. The summed E-state index contributed by atoms with van der Waals surface area (Å²) in [7, 11) is -0.310. The standard InChI is InChI=1S/C25H33N3O5S/c1-19-15-28(20(2)18-29)34(30,31)25-10-9-21(8-6-12-32-4)13-23(25)33-24(19)17-27(3)16-22-7-5-11-26-14-22/h5,7,9-11,13-14,19-20,24,29H,12,15-18H2,1-4H3/t19-,20-,24+/m1/s1. The lowest BCUT2D eigenvalue weighted by molar-refractivity contribution is 0.0733. The Hall–Kier alpha value is -2.48. The number of hydrogen-bond donors (Lipinski definition) is 1. The van der Waals surface area contributed by atoms with Crippen molar-refractivity contribution in [3.8, 4) is 17.6 Å². The van der Waals surface area contributed by atoms with Gasteiger partial charge >= 0.3 is 0 Å². The van der Waals surface area contributed by atoms with Crippen LogP contribution in [0.15, 0.2) is 47.6 Å². The lowest BCUT2D eigenvalue weighted by Crippen LogP contribution is -2.49. The largest absolute Gasteiger partial charge is 0.487 e. The number of likely N-dealkylation sites (N-methyl/N-ethyl adjacent to an activating group) is 1. The van der Waals surface area contributed by atoms with Crippen LogP contribution in [0.2, 0.25) is 0 Å². The van der Waals surface area contributed by atoms with Gasteiger partial charge in [-0.1, -0.05) is 24.8 Å². The van der Waals surface area contributed by atoms with Crippen LogP contribution in [0.1, 0.15) is 25.0 Å². The van der Waals surface area contributed by atoms with Gasteiger partial charge in [-0.2, -0.15) is 4.31 Å². The van der Waals surface area contributed by atoms with Gasteiger partial charge in [0, 0.05) is 56.7 Å². The molecule has 1 aromatic carbocycles. The Labute approximate surface area is 202 Å². The Kier molecular flexibility index (Phi) is 9.05. The number of methoxy groups -OCH3 is 1. The van der Waals surface area contributed by atoms with Crippen molar-refractivity contribution in [2.75, 3.05) is 40.5 Å². The van der Waals surface area contributed by atoms with E-state index in [1.807, 2.05) is 32.3 Å². The summed E-state index contributed by atoms with van der Waals surface area (Å²) in [5.74, 6) is 6.01. The summed E-state index contributed by atoms with van der Waals surface area (Å²) in [5.41, 5.74) is 1.72. The van der Waals surface area contributed by atoms with Gasteiger partial charge in [-0.25, -0.2) is 8.42 Å². The predicted octanol–water partition coefficient (Wildman–Crippen LogP) is 1.98. The number of rotatable bonds is 7. The SMILES string of the molecule is COCC#Cc1ccc2c(c1)O[C@@H](CN(C)Cc1cccnc1)[C@H](C)CN([C@H](C)CO)S2(=O)=O. The number of nitrogens with zero attached hydrogens (tertiary/aromatic N) is 3. The van der Waals surface area contributed by atoms with Gasteiger partial charge < -0.3 is 14.6 Å². The van der Waals surface area contributed by atoms with Crippen LogP contribution in [0.5, 0.6) is 5.75 Å². The van der Waals surface area contributed by atoms with Gasteiger partial charge in [-0.3, -0.25) is 9.88 Å². The molecular formula is C25H33N3O5S. The molecule has 3 atom stereocenters. The Morgan fingerprint density at radius 2 is 2.18 bits per heavy atom. The predicted molar refractivity (Wildman–Crippen MR) is 130 cm³/mol. The summed E-state index contributed by atoms with van der Waals surface area (Å²) in [6.07, 6.45) is 3.29. The van der Waals surface area contributed by atoms with Crippen LogP contribution in [0.4, 0.5) is 0 Å². The summed E-state index contributed by atoms with van der Waals surface area (Å²) >= 11 is 0. The van der Waals surface area contributed by atoms with Gasteiger partial charge in [0.1, 0.15) is 23.4 Å². The van der Waals surface area contributed by atoms with Gasteiger partial charge in [0.05, 0.1) is 6.61 Å². The summed E-state index contributed by atoms with van der Waals surface area (Å²) in [6.45, 7) is 5.19. The first-order valence-electron chi connectivity index (χ1n) is 11.2. The molecule has 1 N–H and O–H groups in total. The van der Waals surface area contributed by atoms with Crippen molar-refractivity contribution in [1.29, 1.82) is 0 Å². The van der Waals surface area contributed by atoms with E-state index in [0.29, 0.717) is 18.7 Å². The van der Waals surface area contributed by atoms with E-state index < -0.39 is 16.1 Å². The van der Waals surface area contributed by atoms with Crippen LogP contribution < -0.4 is 4.74 Å². The molecule has 0 amide bonds. The molecule has 8 nitrogen and oxygen atoms in total. The molecule has 0 saturated heterocycles. The van der Waals surface area contributed by atoms with Gasteiger partial charge in [0.2, 0.25) is 10.0 Å². The van der Waals surface area contributed by atoms with Crippen molar-refractivity contribution in [2.24, 2.45) is 5.92 Å². The van der Waals surface area contributed by atoms with Gasteiger partial charge in [-0.05, 0) is 43.8 Å². The van der Waals surface area contributed by atoms with Crippen LogP contribution in [0.3, 0.4) is 0 Å². The van der Waals surface area contributed by atoms with Crippen LogP contribution in [-0.4, -0.2) is 80.3 Å². The summed E-state index contributed by atoms with van der Waals surface area (Å²) in [4.78, 5) is 6.39. The number of hydrogen-bond acceptors (Lipinski definition) is 7. The number of benzene rings is 1. The topological polar surface area (TPSA) is 92.2 Å². The zero-order chi connectivity index (χ0) is 24.7. The molecule has 2 aromatic rings. The van der Waals surface area contributed by atoms with Gasteiger partial charge in [-0.15, -0.1) is 0 Å². The van der Waals surface area contributed by atoms with Crippen molar-refractivity contribution < 1.29 is 23.0 Å². The first-order chi connectivity index (χ1) is 16.3. The third kappa shape index (κ3) is 6.34. The molecule has 184 valence electrons. The van der Waals surface area contributed by atoms with Crippen molar-refractivity contribution in [3.05, 3.63) is 53.9 Å². The zero-order valence-corrected chi connectivity index (χ0v) is 21.0. The number of sulfonamides is 1. The van der Waals surface area contributed by atoms with Crippen molar-refractivity contribution in [2.45, 2.75) is 37.4 Å². The van der Waals surface area contributed by atoms with E-state index >= 15 is 0 Å². The highest BCUT2D eigenvalue weighted by Gasteiger charge is 2.38. The first kappa shape index (κ1) is 26.1. The normalized spacial score (nSPS) is 20.9. The molecular weight excluding hydrogens is 454 g/mol. The third-order valence-electron chi connectivity index (χ3n) is 5.78. The molecule has 9 heteroatoms.